The highest BCUT2D eigenvalue weighted by Gasteiger charge is 2.26. The summed E-state index contributed by atoms with van der Waals surface area (Å²) in [4.78, 5) is 26.4. The number of amides is 2. The number of alkyl carbamates (subject to hydrolysis) is 1. The molecule has 6 heteroatoms. The third kappa shape index (κ3) is 8.24. The fourth-order valence-electron chi connectivity index (χ4n) is 3.73. The zero-order chi connectivity index (χ0) is 23.5. The van der Waals surface area contributed by atoms with Gasteiger partial charge in [-0.25, -0.2) is 4.79 Å². The lowest BCUT2D eigenvalue weighted by Gasteiger charge is -2.29. The van der Waals surface area contributed by atoms with E-state index in [0.717, 1.165) is 29.5 Å². The van der Waals surface area contributed by atoms with E-state index in [2.05, 4.69) is 17.5 Å². The topological polar surface area (TPSA) is 78.9 Å². The molecular formula is C27H32N2O4. The van der Waals surface area contributed by atoms with Crippen LogP contribution in [0.25, 0.3) is 0 Å². The molecule has 0 aromatic heterocycles. The minimum Gasteiger partial charge on any atom is -0.445 e. The summed E-state index contributed by atoms with van der Waals surface area (Å²) < 4.78 is 5.39. The normalized spacial score (nSPS) is 14.7. The quantitative estimate of drug-likeness (QED) is 0.576. The molecule has 2 amide bonds. The first-order valence-corrected chi connectivity index (χ1v) is 11.3. The minimum atomic E-state index is -0.973. The van der Waals surface area contributed by atoms with E-state index in [1.54, 1.807) is 4.90 Å². The number of carbonyl (C=O) groups excluding carboxylic acids is 2. The molecule has 0 bridgehead atoms. The van der Waals surface area contributed by atoms with Crippen LogP contribution in [0.1, 0.15) is 30.9 Å². The molecule has 174 valence electrons. The Hall–Kier alpha value is -3.38. The maximum absolute atomic E-state index is 12.5. The van der Waals surface area contributed by atoms with Crippen LogP contribution < -0.4 is 5.32 Å². The lowest BCUT2D eigenvalue weighted by Crippen LogP contribution is -2.50. The van der Waals surface area contributed by atoms with Crippen LogP contribution in [0, 0.1) is 0 Å². The van der Waals surface area contributed by atoms with E-state index in [1.807, 2.05) is 66.7 Å². The highest BCUT2D eigenvalue weighted by Crippen LogP contribution is 2.13. The van der Waals surface area contributed by atoms with Gasteiger partial charge in [-0.05, 0) is 36.0 Å². The Balaban J connectivity index is 1.66. The molecule has 2 N–H and O–H groups in total. The van der Waals surface area contributed by atoms with Crippen molar-refractivity contribution in [3.8, 4) is 0 Å². The largest absolute Gasteiger partial charge is 0.445 e. The summed E-state index contributed by atoms with van der Waals surface area (Å²) in [5.41, 5.74) is 2.90. The molecule has 33 heavy (non-hydrogen) atoms. The van der Waals surface area contributed by atoms with Crippen molar-refractivity contribution in [1.29, 1.82) is 0 Å². The van der Waals surface area contributed by atoms with E-state index >= 15 is 0 Å². The second-order valence-electron chi connectivity index (χ2n) is 8.23. The van der Waals surface area contributed by atoms with Crippen molar-refractivity contribution in [1.82, 2.24) is 10.2 Å². The predicted molar refractivity (Wildman–Crippen MR) is 128 cm³/mol. The van der Waals surface area contributed by atoms with Crippen molar-refractivity contribution in [2.45, 2.75) is 44.9 Å². The second-order valence-corrected chi connectivity index (χ2v) is 8.23. The first-order valence-electron chi connectivity index (χ1n) is 11.3. The highest BCUT2D eigenvalue weighted by molar-refractivity contribution is 5.73. The molecule has 2 aromatic rings. The number of ether oxygens (including phenoxy) is 1. The maximum Gasteiger partial charge on any atom is 0.407 e. The number of rotatable bonds is 10. The number of aliphatic hydroxyl groups excluding tert-OH is 1. The molecule has 0 fully saturated rings. The number of nitrogens with zero attached hydrogens (tertiary/aromatic N) is 1. The monoisotopic (exact) mass is 448 g/mol. The molecular weight excluding hydrogens is 416 g/mol. The summed E-state index contributed by atoms with van der Waals surface area (Å²) in [7, 11) is 0. The standard InChI is InChI=1S/C27H32N2O4/c1-21(30)29(18-23-13-7-3-8-14-23)19-26(31)25(17-22-11-5-2-6-12-22)28-27(32)33-20-24-15-9-4-10-16-24/h2-3,5-9,11-16,25-26,31H,4,10,17-20H2,1H3,(H,28,32)/t25-,26?/m0/s1. The van der Waals surface area contributed by atoms with Gasteiger partial charge in [0, 0.05) is 20.0 Å². The van der Waals surface area contributed by atoms with Gasteiger partial charge < -0.3 is 20.1 Å². The Kier molecular flexibility index (Phi) is 9.27. The molecule has 3 rings (SSSR count). The van der Waals surface area contributed by atoms with Crippen molar-refractivity contribution >= 4 is 12.0 Å². The molecule has 2 atom stereocenters. The fraction of sp³-hybridized carbons (Fsp3) is 0.333. The third-order valence-corrected chi connectivity index (χ3v) is 5.58. The molecule has 1 aliphatic carbocycles. The van der Waals surface area contributed by atoms with E-state index in [9.17, 15) is 14.7 Å². The Bertz CT molecular complexity index is 957. The number of hydrogen-bond donors (Lipinski definition) is 2. The molecule has 6 nitrogen and oxygen atoms in total. The van der Waals surface area contributed by atoms with Crippen LogP contribution in [0.2, 0.25) is 0 Å². The molecule has 2 aromatic carbocycles. The van der Waals surface area contributed by atoms with Crippen LogP contribution in [0.15, 0.2) is 84.5 Å². The number of nitrogens with one attached hydrogen (secondary N) is 1. The first kappa shape index (κ1) is 24.3. The number of carbonyl (C=O) groups is 2. The van der Waals surface area contributed by atoms with E-state index < -0.39 is 18.2 Å². The molecule has 0 radical (unpaired) electrons. The van der Waals surface area contributed by atoms with Crippen molar-refractivity contribution < 1.29 is 19.4 Å². The van der Waals surface area contributed by atoms with Crippen LogP contribution in [-0.2, 0) is 22.5 Å². The van der Waals surface area contributed by atoms with Gasteiger partial charge >= 0.3 is 6.09 Å². The highest BCUT2D eigenvalue weighted by atomic mass is 16.5. The fourth-order valence-corrected chi connectivity index (χ4v) is 3.73. The van der Waals surface area contributed by atoms with Gasteiger partial charge in [0.25, 0.3) is 0 Å². The summed E-state index contributed by atoms with van der Waals surface area (Å²) in [5, 5.41) is 13.9. The van der Waals surface area contributed by atoms with E-state index in [1.165, 1.54) is 6.92 Å². The van der Waals surface area contributed by atoms with Gasteiger partial charge in [0.2, 0.25) is 5.91 Å². The summed E-state index contributed by atoms with van der Waals surface area (Å²) in [6.07, 6.45) is 6.86. The molecule has 1 unspecified atom stereocenters. The molecule has 0 saturated heterocycles. The van der Waals surface area contributed by atoms with E-state index in [0.29, 0.717) is 13.0 Å². The average Bonchev–Trinajstić information content (AvgIpc) is 2.84. The number of aliphatic hydroxyl groups is 1. The second kappa shape index (κ2) is 12.6. The smallest absolute Gasteiger partial charge is 0.407 e. The minimum absolute atomic E-state index is 0.0932. The van der Waals surface area contributed by atoms with Gasteiger partial charge in [-0.3, -0.25) is 4.79 Å². The molecule has 0 aliphatic heterocycles. The zero-order valence-corrected chi connectivity index (χ0v) is 19.0. The van der Waals surface area contributed by atoms with Crippen LogP contribution in [0.3, 0.4) is 0 Å². The summed E-state index contributed by atoms with van der Waals surface area (Å²) in [6, 6.07) is 18.6. The number of allylic oxidation sites excluding steroid dienone is 2. The molecule has 0 heterocycles. The lowest BCUT2D eigenvalue weighted by atomic mass is 10.0. The van der Waals surface area contributed by atoms with Gasteiger partial charge in [-0.15, -0.1) is 0 Å². The summed E-state index contributed by atoms with van der Waals surface area (Å²) in [6.45, 7) is 2.14. The summed E-state index contributed by atoms with van der Waals surface area (Å²) in [5.74, 6) is -0.144. The SMILES string of the molecule is CC(=O)N(Cc1ccccc1)CC(O)[C@H](Cc1ccccc1)NC(=O)OCC1=CCCC=C1. The van der Waals surface area contributed by atoms with Crippen molar-refractivity contribution in [2.75, 3.05) is 13.2 Å². The number of hydrogen-bond acceptors (Lipinski definition) is 4. The van der Waals surface area contributed by atoms with Crippen molar-refractivity contribution in [3.63, 3.8) is 0 Å². The Morgan fingerprint density at radius 2 is 1.70 bits per heavy atom. The van der Waals surface area contributed by atoms with Crippen LogP contribution in [0.4, 0.5) is 4.79 Å². The molecule has 0 spiro atoms. The van der Waals surface area contributed by atoms with Crippen LogP contribution in [0.5, 0.6) is 0 Å². The molecule has 1 aliphatic rings. The zero-order valence-electron chi connectivity index (χ0n) is 19.0. The van der Waals surface area contributed by atoms with Gasteiger partial charge in [0.1, 0.15) is 6.61 Å². The maximum atomic E-state index is 12.5. The van der Waals surface area contributed by atoms with Crippen molar-refractivity contribution in [2.24, 2.45) is 0 Å². The average molecular weight is 449 g/mol. The van der Waals surface area contributed by atoms with Crippen LogP contribution >= 0.6 is 0 Å². The van der Waals surface area contributed by atoms with Gasteiger partial charge in [0.05, 0.1) is 12.1 Å². The third-order valence-electron chi connectivity index (χ3n) is 5.58. The predicted octanol–water partition coefficient (Wildman–Crippen LogP) is 4.01. The van der Waals surface area contributed by atoms with Crippen molar-refractivity contribution in [3.05, 3.63) is 95.6 Å². The van der Waals surface area contributed by atoms with E-state index in [4.69, 9.17) is 4.74 Å². The molecule has 0 saturated carbocycles. The number of benzene rings is 2. The Labute approximate surface area is 195 Å². The van der Waals surface area contributed by atoms with Gasteiger partial charge in [0.15, 0.2) is 0 Å². The summed E-state index contributed by atoms with van der Waals surface area (Å²) >= 11 is 0. The van der Waals surface area contributed by atoms with Crippen LogP contribution in [-0.4, -0.2) is 47.3 Å². The Morgan fingerprint density at radius 1 is 1.03 bits per heavy atom. The van der Waals surface area contributed by atoms with E-state index in [-0.39, 0.29) is 19.1 Å². The van der Waals surface area contributed by atoms with Gasteiger partial charge in [-0.1, -0.05) is 78.9 Å². The first-order chi connectivity index (χ1) is 16.0. The van der Waals surface area contributed by atoms with Gasteiger partial charge in [-0.2, -0.15) is 0 Å². The Morgan fingerprint density at radius 3 is 2.30 bits per heavy atom. The lowest BCUT2D eigenvalue weighted by molar-refractivity contribution is -0.131.